The second-order valence-electron chi connectivity index (χ2n) is 6.46. The Morgan fingerprint density at radius 3 is 2.36 bits per heavy atom. The Kier molecular flexibility index (Phi) is 7.63. The van der Waals surface area contributed by atoms with Gasteiger partial charge in [-0.2, -0.15) is 0 Å². The molecule has 2 rings (SSSR count). The molecule has 28 heavy (non-hydrogen) atoms. The first-order valence-electron chi connectivity index (χ1n) is 8.93. The maximum Gasteiger partial charge on any atom is 0.306 e. The summed E-state index contributed by atoms with van der Waals surface area (Å²) in [4.78, 5) is 48.7. The molecule has 1 aromatic carbocycles. The number of aryl methyl sites for hydroxylation is 1. The Hall–Kier alpha value is -2.80. The highest BCUT2D eigenvalue weighted by Gasteiger charge is 2.21. The largest absolute Gasteiger partial charge is 0.454 e. The number of carbonyl (C=O) groups excluding carboxylic acids is 4. The van der Waals surface area contributed by atoms with Gasteiger partial charge in [-0.3, -0.25) is 19.2 Å². The zero-order valence-electron chi connectivity index (χ0n) is 16.1. The highest BCUT2D eigenvalue weighted by Crippen LogP contribution is 2.19. The van der Waals surface area contributed by atoms with Crippen LogP contribution in [0.2, 0.25) is 0 Å². The minimum absolute atomic E-state index is 0.0304. The minimum atomic E-state index is -0.936. The van der Waals surface area contributed by atoms with Crippen molar-refractivity contribution in [1.82, 2.24) is 5.32 Å². The number of thiophene rings is 1. The fraction of sp³-hybridized carbons (Fsp3) is 0.333. The second kappa shape index (κ2) is 9.94. The molecular formula is C21H23NO5S. The van der Waals surface area contributed by atoms with Gasteiger partial charge in [0.15, 0.2) is 11.9 Å². The lowest BCUT2D eigenvalue weighted by Crippen LogP contribution is -2.24. The molecule has 0 bridgehead atoms. The first-order valence-corrected chi connectivity index (χ1v) is 9.74. The number of nitrogens with one attached hydrogen (secondary N) is 1. The summed E-state index contributed by atoms with van der Waals surface area (Å²) in [6.45, 7) is 5.21. The van der Waals surface area contributed by atoms with Crippen LogP contribution in [0.15, 0.2) is 36.4 Å². The highest BCUT2D eigenvalue weighted by molar-refractivity contribution is 7.14. The Labute approximate surface area is 167 Å². The summed E-state index contributed by atoms with van der Waals surface area (Å²) in [7, 11) is 0. The van der Waals surface area contributed by atoms with Crippen LogP contribution in [0.4, 0.5) is 0 Å². The monoisotopic (exact) mass is 401 g/mol. The van der Waals surface area contributed by atoms with Crippen LogP contribution >= 0.6 is 11.3 Å². The van der Waals surface area contributed by atoms with E-state index in [4.69, 9.17) is 4.74 Å². The van der Waals surface area contributed by atoms with Gasteiger partial charge in [0.2, 0.25) is 11.7 Å². The van der Waals surface area contributed by atoms with Gasteiger partial charge in [-0.05, 0) is 26.0 Å². The molecule has 0 aliphatic carbocycles. The van der Waals surface area contributed by atoms with Gasteiger partial charge in [-0.25, -0.2) is 0 Å². The lowest BCUT2D eigenvalue weighted by Gasteiger charge is -2.11. The van der Waals surface area contributed by atoms with Crippen molar-refractivity contribution in [3.05, 3.63) is 57.3 Å². The minimum Gasteiger partial charge on any atom is -0.454 e. The summed E-state index contributed by atoms with van der Waals surface area (Å²) in [5, 5.41) is 2.66. The maximum absolute atomic E-state index is 12.4. The summed E-state index contributed by atoms with van der Waals surface area (Å²) in [5.74, 6) is -1.19. The van der Waals surface area contributed by atoms with E-state index in [-0.39, 0.29) is 30.3 Å². The molecule has 0 saturated heterocycles. The van der Waals surface area contributed by atoms with Crippen molar-refractivity contribution in [3.63, 3.8) is 0 Å². The molecule has 0 fully saturated rings. The molecule has 1 atom stereocenters. The number of ketones is 2. The number of carbonyl (C=O) groups is 4. The molecular weight excluding hydrogens is 378 g/mol. The van der Waals surface area contributed by atoms with Crippen LogP contribution in [-0.2, 0) is 20.9 Å². The maximum atomic E-state index is 12.4. The fourth-order valence-electron chi connectivity index (χ4n) is 2.43. The molecule has 1 N–H and O–H groups in total. The predicted molar refractivity (Wildman–Crippen MR) is 106 cm³/mol. The summed E-state index contributed by atoms with van der Waals surface area (Å²) < 4.78 is 5.18. The summed E-state index contributed by atoms with van der Waals surface area (Å²) in [5.41, 5.74) is 1.60. The molecule has 1 amide bonds. The molecule has 0 aliphatic rings. The third-order valence-corrected chi connectivity index (χ3v) is 5.12. The van der Waals surface area contributed by atoms with Gasteiger partial charge < -0.3 is 10.1 Å². The third kappa shape index (κ3) is 6.42. The molecule has 0 spiro atoms. The van der Waals surface area contributed by atoms with Crippen molar-refractivity contribution in [2.24, 2.45) is 0 Å². The lowest BCUT2D eigenvalue weighted by molar-refractivity contribution is -0.146. The zero-order chi connectivity index (χ0) is 20.7. The molecule has 1 unspecified atom stereocenters. The number of rotatable bonds is 9. The van der Waals surface area contributed by atoms with E-state index in [1.165, 1.54) is 25.2 Å². The Balaban J connectivity index is 1.82. The van der Waals surface area contributed by atoms with Crippen molar-refractivity contribution < 1.29 is 23.9 Å². The molecule has 1 aromatic heterocycles. The molecule has 2 aromatic rings. The van der Waals surface area contributed by atoms with Gasteiger partial charge in [0.25, 0.3) is 0 Å². The fourth-order valence-corrected chi connectivity index (χ4v) is 3.39. The second-order valence-corrected chi connectivity index (χ2v) is 7.63. The number of ether oxygens (including phenoxy) is 1. The molecule has 6 nitrogen and oxygen atoms in total. The van der Waals surface area contributed by atoms with Gasteiger partial charge in [0, 0.05) is 23.8 Å². The van der Waals surface area contributed by atoms with Crippen molar-refractivity contribution in [3.8, 4) is 0 Å². The average Bonchev–Trinajstić information content (AvgIpc) is 3.13. The van der Waals surface area contributed by atoms with E-state index in [9.17, 15) is 19.2 Å². The Bertz CT molecular complexity index is 869. The number of benzene rings is 1. The molecule has 1 heterocycles. The highest BCUT2D eigenvalue weighted by atomic mass is 32.1. The summed E-state index contributed by atoms with van der Waals surface area (Å²) in [6.07, 6.45) is -0.986. The topological polar surface area (TPSA) is 89.5 Å². The quantitative estimate of drug-likeness (QED) is 0.513. The SMILES string of the molecule is CC(=O)NCc1ccc(C(=O)C(C)OC(=O)CCC(=O)c2ccc(C)cc2)s1. The van der Waals surface area contributed by atoms with Crippen molar-refractivity contribution >= 4 is 34.8 Å². The molecule has 148 valence electrons. The average molecular weight is 401 g/mol. The van der Waals surface area contributed by atoms with E-state index in [0.29, 0.717) is 17.0 Å². The molecule has 7 heteroatoms. The first kappa shape index (κ1) is 21.5. The molecule has 0 saturated carbocycles. The van der Waals surface area contributed by atoms with Gasteiger partial charge in [-0.15, -0.1) is 11.3 Å². The van der Waals surface area contributed by atoms with E-state index in [1.54, 1.807) is 24.3 Å². The predicted octanol–water partition coefficient (Wildman–Crippen LogP) is 3.47. The van der Waals surface area contributed by atoms with E-state index in [0.717, 1.165) is 10.4 Å². The third-order valence-electron chi connectivity index (χ3n) is 4.02. The van der Waals surface area contributed by atoms with E-state index in [1.807, 2.05) is 19.1 Å². The van der Waals surface area contributed by atoms with E-state index in [2.05, 4.69) is 5.32 Å². The summed E-state index contributed by atoms with van der Waals surface area (Å²) >= 11 is 1.25. The van der Waals surface area contributed by atoms with Crippen LogP contribution in [0.1, 0.15) is 57.2 Å². The smallest absolute Gasteiger partial charge is 0.306 e. The van der Waals surface area contributed by atoms with Crippen LogP contribution in [0, 0.1) is 6.92 Å². The Morgan fingerprint density at radius 2 is 1.71 bits per heavy atom. The van der Waals surface area contributed by atoms with Crippen LogP contribution < -0.4 is 5.32 Å². The van der Waals surface area contributed by atoms with Gasteiger partial charge in [-0.1, -0.05) is 29.8 Å². The number of hydrogen-bond donors (Lipinski definition) is 1. The van der Waals surface area contributed by atoms with Crippen LogP contribution in [0.3, 0.4) is 0 Å². The van der Waals surface area contributed by atoms with Gasteiger partial charge in [0.1, 0.15) is 0 Å². The van der Waals surface area contributed by atoms with E-state index < -0.39 is 12.1 Å². The molecule has 0 aliphatic heterocycles. The van der Waals surface area contributed by atoms with Crippen molar-refractivity contribution in [2.45, 2.75) is 46.3 Å². The lowest BCUT2D eigenvalue weighted by atomic mass is 10.1. The van der Waals surface area contributed by atoms with Gasteiger partial charge in [0.05, 0.1) is 17.8 Å². The van der Waals surface area contributed by atoms with Crippen LogP contribution in [0.5, 0.6) is 0 Å². The van der Waals surface area contributed by atoms with Gasteiger partial charge >= 0.3 is 5.97 Å². The normalized spacial score (nSPS) is 11.5. The molecule has 0 radical (unpaired) electrons. The number of esters is 1. The van der Waals surface area contributed by atoms with Crippen LogP contribution in [0.25, 0.3) is 0 Å². The van der Waals surface area contributed by atoms with Crippen LogP contribution in [-0.4, -0.2) is 29.5 Å². The van der Waals surface area contributed by atoms with E-state index >= 15 is 0 Å². The number of hydrogen-bond acceptors (Lipinski definition) is 6. The summed E-state index contributed by atoms with van der Waals surface area (Å²) in [6, 6.07) is 10.5. The number of amides is 1. The number of Topliss-reactive ketones (excluding diaryl/α,β-unsaturated/α-hetero) is 2. The van der Waals surface area contributed by atoms with Crippen molar-refractivity contribution in [2.75, 3.05) is 0 Å². The van der Waals surface area contributed by atoms with Crippen molar-refractivity contribution in [1.29, 1.82) is 0 Å². The zero-order valence-corrected chi connectivity index (χ0v) is 16.9. The Morgan fingerprint density at radius 1 is 1.04 bits per heavy atom. The first-order chi connectivity index (χ1) is 13.3. The standard InChI is InChI=1S/C21H23NO5S/c1-13-4-6-16(7-5-13)18(24)9-11-20(25)27-14(2)21(26)19-10-8-17(28-19)12-22-15(3)23/h4-8,10,14H,9,11-12H2,1-3H3,(H,22,23).